The lowest BCUT2D eigenvalue weighted by molar-refractivity contribution is 0.0700. The van der Waals surface area contributed by atoms with E-state index in [9.17, 15) is 5.11 Å². The minimum absolute atomic E-state index is 0.173. The molecule has 3 N–H and O–H groups in total. The summed E-state index contributed by atoms with van der Waals surface area (Å²) in [5.41, 5.74) is 2.16. The summed E-state index contributed by atoms with van der Waals surface area (Å²) < 4.78 is 5.61. The molecule has 29 heavy (non-hydrogen) atoms. The van der Waals surface area contributed by atoms with Crippen molar-refractivity contribution in [1.82, 2.24) is 24.9 Å². The minimum atomic E-state index is -1.10. The number of hydrogen-bond donors (Lipinski definition) is 3. The first-order valence-electron chi connectivity index (χ1n) is 9.83. The number of anilines is 1. The molecule has 1 fully saturated rings. The van der Waals surface area contributed by atoms with Gasteiger partial charge in [0.15, 0.2) is 17.3 Å². The summed E-state index contributed by atoms with van der Waals surface area (Å²) in [4.78, 5) is 23.0. The van der Waals surface area contributed by atoms with Gasteiger partial charge in [0.25, 0.3) is 0 Å². The van der Waals surface area contributed by atoms with Crippen molar-refractivity contribution in [3.8, 4) is 11.4 Å². The fourth-order valence-corrected chi connectivity index (χ4v) is 3.82. The molecule has 0 saturated carbocycles. The molecule has 0 amide bonds. The van der Waals surface area contributed by atoms with Gasteiger partial charge in [-0.15, -0.1) is 0 Å². The van der Waals surface area contributed by atoms with Gasteiger partial charge in [-0.2, -0.15) is 0 Å². The maximum Gasteiger partial charge on any atom is 0.183 e. The molecular weight excluding hydrogens is 368 g/mol. The predicted octanol–water partition coefficient (Wildman–Crippen LogP) is 2.95. The number of hydrogen-bond acceptors (Lipinski definition) is 6. The van der Waals surface area contributed by atoms with E-state index in [2.05, 4.69) is 26.8 Å². The van der Waals surface area contributed by atoms with Gasteiger partial charge in [0.2, 0.25) is 0 Å². The molecule has 1 atom stereocenters. The van der Waals surface area contributed by atoms with Crippen LogP contribution in [0.25, 0.3) is 33.5 Å². The van der Waals surface area contributed by atoms with Gasteiger partial charge in [-0.05, 0) is 32.9 Å². The number of aromatic nitrogens is 5. The van der Waals surface area contributed by atoms with Crippen molar-refractivity contribution in [2.24, 2.45) is 0 Å². The van der Waals surface area contributed by atoms with E-state index in [1.165, 1.54) is 0 Å². The second-order valence-electron chi connectivity index (χ2n) is 8.08. The van der Waals surface area contributed by atoms with Crippen molar-refractivity contribution in [1.29, 1.82) is 0 Å². The molecule has 4 aromatic rings. The molecule has 0 unspecified atom stereocenters. The van der Waals surface area contributed by atoms with Gasteiger partial charge in [-0.3, -0.25) is 0 Å². The summed E-state index contributed by atoms with van der Waals surface area (Å²) in [7, 11) is 0. The number of nitrogens with one attached hydrogen (secondary N) is 2. The predicted molar refractivity (Wildman–Crippen MR) is 112 cm³/mol. The first-order valence-corrected chi connectivity index (χ1v) is 9.83. The van der Waals surface area contributed by atoms with Crippen LogP contribution in [0.5, 0.6) is 0 Å². The lowest BCUT2D eigenvalue weighted by Crippen LogP contribution is -2.44. The average Bonchev–Trinajstić information content (AvgIpc) is 3.34. The molecular formula is C21H24N6O2. The van der Waals surface area contributed by atoms with Crippen LogP contribution < -0.4 is 4.90 Å². The van der Waals surface area contributed by atoms with Crippen LogP contribution in [0.4, 0.5) is 5.82 Å². The van der Waals surface area contributed by atoms with Gasteiger partial charge >= 0.3 is 0 Å². The van der Waals surface area contributed by atoms with Gasteiger partial charge in [0.05, 0.1) is 19.3 Å². The lowest BCUT2D eigenvalue weighted by atomic mass is 10.1. The van der Waals surface area contributed by atoms with Crippen molar-refractivity contribution in [2.75, 3.05) is 24.7 Å². The van der Waals surface area contributed by atoms with E-state index in [1.54, 1.807) is 13.8 Å². The van der Waals surface area contributed by atoms with Gasteiger partial charge in [0, 0.05) is 29.2 Å². The van der Waals surface area contributed by atoms with Gasteiger partial charge in [-0.1, -0.05) is 12.1 Å². The molecule has 1 aromatic carbocycles. The quantitative estimate of drug-likeness (QED) is 0.495. The van der Waals surface area contributed by atoms with Crippen LogP contribution in [0.2, 0.25) is 0 Å². The Bertz CT molecular complexity index is 1190. The van der Waals surface area contributed by atoms with Crippen molar-refractivity contribution in [3.05, 3.63) is 36.3 Å². The summed E-state index contributed by atoms with van der Waals surface area (Å²) in [6.07, 6.45) is 1.92. The number of nitrogens with zero attached hydrogens (tertiary/aromatic N) is 4. The molecule has 3 aromatic heterocycles. The van der Waals surface area contributed by atoms with Crippen molar-refractivity contribution >= 4 is 27.9 Å². The van der Waals surface area contributed by atoms with Crippen LogP contribution in [0.3, 0.4) is 0 Å². The van der Waals surface area contributed by atoms with Crippen LogP contribution in [-0.2, 0) is 10.3 Å². The van der Waals surface area contributed by atoms with Crippen molar-refractivity contribution in [3.63, 3.8) is 0 Å². The maximum atomic E-state index is 10.5. The molecule has 0 spiro atoms. The first-order chi connectivity index (χ1) is 13.9. The highest BCUT2D eigenvalue weighted by molar-refractivity contribution is 5.95. The zero-order valence-corrected chi connectivity index (χ0v) is 16.7. The van der Waals surface area contributed by atoms with Crippen LogP contribution in [0, 0.1) is 0 Å². The normalized spacial score (nSPS) is 18.1. The lowest BCUT2D eigenvalue weighted by Gasteiger charge is -2.34. The third-order valence-corrected chi connectivity index (χ3v) is 5.39. The van der Waals surface area contributed by atoms with Crippen LogP contribution >= 0.6 is 0 Å². The molecule has 5 rings (SSSR count). The topological polar surface area (TPSA) is 103 Å². The molecule has 0 radical (unpaired) electrons. The van der Waals surface area contributed by atoms with Gasteiger partial charge in [-0.25, -0.2) is 15.0 Å². The number of aromatic amines is 2. The monoisotopic (exact) mass is 392 g/mol. The largest absolute Gasteiger partial charge is 0.383 e. The third-order valence-electron chi connectivity index (χ3n) is 5.39. The number of ether oxygens (including phenoxy) is 1. The number of imidazole rings is 1. The standard InChI is InChI=1S/C21H24N6O2/c1-12-11-29-10-9-27(12)19-16-18(26-20(23-16)21(2,3)28)24-17(25-19)14-5-4-6-15-13(14)7-8-22-15/h4-8,12,22,28H,9-11H2,1-3H3,(H,23,24,25,26)/t12-/m1/s1. The summed E-state index contributed by atoms with van der Waals surface area (Å²) in [6, 6.07) is 8.25. The van der Waals surface area contributed by atoms with E-state index in [-0.39, 0.29) is 6.04 Å². The highest BCUT2D eigenvalue weighted by Gasteiger charge is 2.28. The molecule has 1 aliphatic heterocycles. The molecule has 150 valence electrons. The Morgan fingerprint density at radius 3 is 2.86 bits per heavy atom. The minimum Gasteiger partial charge on any atom is -0.383 e. The highest BCUT2D eigenvalue weighted by atomic mass is 16.5. The Labute approximate surface area is 168 Å². The summed E-state index contributed by atoms with van der Waals surface area (Å²) in [5.74, 6) is 1.88. The molecule has 1 saturated heterocycles. The molecule has 4 heterocycles. The van der Waals surface area contributed by atoms with E-state index < -0.39 is 5.60 Å². The fraction of sp³-hybridized carbons (Fsp3) is 0.381. The SMILES string of the molecule is C[C@@H]1COCCN1c1nc(-c2cccc3[nH]ccc23)nc2nc(C(C)(C)O)[nH]c12. The average molecular weight is 392 g/mol. The molecule has 8 nitrogen and oxygen atoms in total. The summed E-state index contributed by atoms with van der Waals surface area (Å²) >= 11 is 0. The second-order valence-corrected chi connectivity index (χ2v) is 8.08. The van der Waals surface area contributed by atoms with Crippen LogP contribution in [-0.4, -0.2) is 55.8 Å². The zero-order chi connectivity index (χ0) is 20.2. The van der Waals surface area contributed by atoms with Gasteiger partial charge in [0.1, 0.15) is 16.9 Å². The summed E-state index contributed by atoms with van der Waals surface area (Å²) in [5, 5.41) is 11.5. The smallest absolute Gasteiger partial charge is 0.183 e. The Morgan fingerprint density at radius 2 is 2.07 bits per heavy atom. The molecule has 1 aliphatic rings. The van der Waals surface area contributed by atoms with E-state index >= 15 is 0 Å². The molecule has 8 heteroatoms. The number of fused-ring (bicyclic) bond motifs is 2. The first kappa shape index (κ1) is 18.1. The number of morpholine rings is 1. The Hall–Kier alpha value is -2.97. The highest BCUT2D eigenvalue weighted by Crippen LogP contribution is 2.32. The molecule has 0 aliphatic carbocycles. The third kappa shape index (κ3) is 3.04. The van der Waals surface area contributed by atoms with E-state index in [1.807, 2.05) is 30.5 Å². The number of aliphatic hydroxyl groups is 1. The van der Waals surface area contributed by atoms with E-state index in [4.69, 9.17) is 14.7 Å². The Kier molecular flexibility index (Phi) is 4.07. The number of benzene rings is 1. The van der Waals surface area contributed by atoms with E-state index in [0.29, 0.717) is 30.5 Å². The zero-order valence-electron chi connectivity index (χ0n) is 16.7. The Balaban J connectivity index is 1.76. The van der Waals surface area contributed by atoms with E-state index in [0.717, 1.165) is 34.3 Å². The maximum absolute atomic E-state index is 10.5. The van der Waals surface area contributed by atoms with Gasteiger partial charge < -0.3 is 24.7 Å². The fourth-order valence-electron chi connectivity index (χ4n) is 3.82. The van der Waals surface area contributed by atoms with Crippen LogP contribution in [0.15, 0.2) is 30.5 Å². The van der Waals surface area contributed by atoms with Crippen LogP contribution in [0.1, 0.15) is 26.6 Å². The number of H-pyrrole nitrogens is 2. The Morgan fingerprint density at radius 1 is 1.21 bits per heavy atom. The summed E-state index contributed by atoms with van der Waals surface area (Å²) in [6.45, 7) is 7.55. The van der Waals surface area contributed by atoms with Crippen molar-refractivity contribution in [2.45, 2.75) is 32.4 Å². The molecule has 0 bridgehead atoms. The van der Waals surface area contributed by atoms with Crippen molar-refractivity contribution < 1.29 is 9.84 Å². The number of rotatable bonds is 3. The second kappa shape index (κ2) is 6.53.